The summed E-state index contributed by atoms with van der Waals surface area (Å²) in [5.41, 5.74) is 2.35. The Morgan fingerprint density at radius 3 is 2.59 bits per heavy atom. The Balaban J connectivity index is 1.78. The lowest BCUT2D eigenvalue weighted by Gasteiger charge is -2.07. The van der Waals surface area contributed by atoms with Crippen molar-refractivity contribution in [3.8, 4) is 0 Å². The smallest absolute Gasteiger partial charge is 0.338 e. The van der Waals surface area contributed by atoms with Crippen molar-refractivity contribution < 1.29 is 9.53 Å². The number of rotatable bonds is 4. The van der Waals surface area contributed by atoms with E-state index in [1.54, 1.807) is 19.1 Å². The second kappa shape index (κ2) is 6.26. The summed E-state index contributed by atoms with van der Waals surface area (Å²) >= 11 is 0. The maximum absolute atomic E-state index is 11.6. The zero-order valence-corrected chi connectivity index (χ0v) is 12.2. The third kappa shape index (κ3) is 3.06. The lowest BCUT2D eigenvalue weighted by molar-refractivity contribution is 0.0526. The van der Waals surface area contributed by atoms with Crippen LogP contribution in [0.5, 0.6) is 0 Å². The van der Waals surface area contributed by atoms with Crippen LogP contribution in [0.2, 0.25) is 0 Å². The summed E-state index contributed by atoms with van der Waals surface area (Å²) in [6.45, 7) is 2.17. The van der Waals surface area contributed by atoms with Crippen LogP contribution in [-0.2, 0) is 4.74 Å². The van der Waals surface area contributed by atoms with Crippen molar-refractivity contribution in [2.24, 2.45) is 0 Å². The second-order valence-electron chi connectivity index (χ2n) is 4.81. The number of aromatic nitrogens is 1. The Morgan fingerprint density at radius 2 is 1.82 bits per heavy atom. The molecule has 0 radical (unpaired) electrons. The lowest BCUT2D eigenvalue weighted by Crippen LogP contribution is -2.04. The van der Waals surface area contributed by atoms with Crippen molar-refractivity contribution in [1.82, 2.24) is 4.98 Å². The quantitative estimate of drug-likeness (QED) is 0.734. The van der Waals surface area contributed by atoms with Gasteiger partial charge in [0, 0.05) is 11.1 Å². The summed E-state index contributed by atoms with van der Waals surface area (Å²) in [6.07, 6.45) is 0. The van der Waals surface area contributed by atoms with E-state index in [2.05, 4.69) is 10.3 Å². The summed E-state index contributed by atoms with van der Waals surface area (Å²) in [5, 5.41) is 4.33. The zero-order valence-electron chi connectivity index (χ0n) is 12.2. The van der Waals surface area contributed by atoms with Gasteiger partial charge in [0.15, 0.2) is 0 Å². The third-order valence-corrected chi connectivity index (χ3v) is 3.27. The number of anilines is 2. The van der Waals surface area contributed by atoms with Crippen molar-refractivity contribution in [2.75, 3.05) is 11.9 Å². The maximum Gasteiger partial charge on any atom is 0.338 e. The molecule has 1 N–H and O–H groups in total. The van der Waals surface area contributed by atoms with Gasteiger partial charge in [-0.3, -0.25) is 0 Å². The number of benzene rings is 2. The van der Waals surface area contributed by atoms with Crippen molar-refractivity contribution in [3.05, 3.63) is 66.2 Å². The van der Waals surface area contributed by atoms with E-state index in [1.165, 1.54) is 0 Å². The molecule has 0 saturated carbocycles. The van der Waals surface area contributed by atoms with Crippen LogP contribution in [-0.4, -0.2) is 17.6 Å². The molecule has 110 valence electrons. The number of esters is 1. The van der Waals surface area contributed by atoms with Gasteiger partial charge >= 0.3 is 5.97 Å². The van der Waals surface area contributed by atoms with Crippen LogP contribution in [0.1, 0.15) is 17.3 Å². The Bertz CT molecular complexity index is 798. The standard InChI is InChI=1S/C18H16N2O2/c1-2-22-18(21)14-7-10-15(11-8-14)19-17-12-9-13-5-3-4-6-16(13)20-17/h3-12H,2H2,1H3,(H,19,20). The largest absolute Gasteiger partial charge is 0.462 e. The molecule has 0 unspecified atom stereocenters. The Morgan fingerprint density at radius 1 is 1.05 bits per heavy atom. The minimum atomic E-state index is -0.308. The van der Waals surface area contributed by atoms with Crippen LogP contribution in [0.15, 0.2) is 60.7 Å². The van der Waals surface area contributed by atoms with Gasteiger partial charge in [-0.15, -0.1) is 0 Å². The predicted molar refractivity (Wildman–Crippen MR) is 87.4 cm³/mol. The Labute approximate surface area is 128 Å². The van der Waals surface area contributed by atoms with E-state index in [0.717, 1.165) is 22.4 Å². The Hall–Kier alpha value is -2.88. The average Bonchev–Trinajstić information content (AvgIpc) is 2.56. The predicted octanol–water partition coefficient (Wildman–Crippen LogP) is 4.16. The molecule has 0 fully saturated rings. The molecular weight excluding hydrogens is 276 g/mol. The van der Waals surface area contributed by atoms with Gasteiger partial charge in [0.05, 0.1) is 17.7 Å². The zero-order chi connectivity index (χ0) is 15.4. The number of hydrogen-bond donors (Lipinski definition) is 1. The van der Waals surface area contributed by atoms with Gasteiger partial charge in [0.2, 0.25) is 0 Å². The van der Waals surface area contributed by atoms with Gasteiger partial charge in [-0.05, 0) is 49.4 Å². The van der Waals surface area contributed by atoms with Gasteiger partial charge in [0.1, 0.15) is 5.82 Å². The van der Waals surface area contributed by atoms with Crippen LogP contribution in [0.4, 0.5) is 11.5 Å². The van der Waals surface area contributed by atoms with Crippen molar-refractivity contribution in [1.29, 1.82) is 0 Å². The first-order valence-corrected chi connectivity index (χ1v) is 7.16. The molecule has 2 aromatic carbocycles. The van der Waals surface area contributed by atoms with Crippen molar-refractivity contribution in [3.63, 3.8) is 0 Å². The second-order valence-corrected chi connectivity index (χ2v) is 4.81. The molecule has 0 spiro atoms. The number of carbonyl (C=O) groups is 1. The number of carbonyl (C=O) groups excluding carboxylic acids is 1. The molecule has 0 aliphatic carbocycles. The van der Waals surface area contributed by atoms with E-state index in [4.69, 9.17) is 4.74 Å². The summed E-state index contributed by atoms with van der Waals surface area (Å²) in [5.74, 6) is 0.459. The van der Waals surface area contributed by atoms with Crippen LogP contribution in [0.25, 0.3) is 10.9 Å². The summed E-state index contributed by atoms with van der Waals surface area (Å²) in [6, 6.07) is 19.1. The first-order valence-electron chi connectivity index (χ1n) is 7.16. The first-order chi connectivity index (χ1) is 10.8. The van der Waals surface area contributed by atoms with Crippen LogP contribution >= 0.6 is 0 Å². The summed E-state index contributed by atoms with van der Waals surface area (Å²) in [7, 11) is 0. The maximum atomic E-state index is 11.6. The van der Waals surface area contributed by atoms with Gasteiger partial charge < -0.3 is 10.1 Å². The van der Waals surface area contributed by atoms with Gasteiger partial charge in [0.25, 0.3) is 0 Å². The average molecular weight is 292 g/mol. The highest BCUT2D eigenvalue weighted by Crippen LogP contribution is 2.19. The molecule has 1 heterocycles. The molecule has 3 aromatic rings. The number of para-hydroxylation sites is 1. The number of nitrogens with zero attached hydrogens (tertiary/aromatic N) is 1. The molecule has 0 bridgehead atoms. The molecule has 4 nitrogen and oxygen atoms in total. The molecule has 0 aliphatic rings. The molecule has 0 atom stereocenters. The third-order valence-electron chi connectivity index (χ3n) is 3.27. The topological polar surface area (TPSA) is 51.2 Å². The monoisotopic (exact) mass is 292 g/mol. The fourth-order valence-electron chi connectivity index (χ4n) is 2.19. The molecule has 0 aliphatic heterocycles. The van der Waals surface area contributed by atoms with E-state index < -0.39 is 0 Å². The number of fused-ring (bicyclic) bond motifs is 1. The highest BCUT2D eigenvalue weighted by atomic mass is 16.5. The van der Waals surface area contributed by atoms with Crippen molar-refractivity contribution in [2.45, 2.75) is 6.92 Å². The van der Waals surface area contributed by atoms with E-state index in [1.807, 2.05) is 48.5 Å². The van der Waals surface area contributed by atoms with Crippen LogP contribution < -0.4 is 5.32 Å². The van der Waals surface area contributed by atoms with Crippen molar-refractivity contribution >= 4 is 28.4 Å². The molecular formula is C18H16N2O2. The highest BCUT2D eigenvalue weighted by molar-refractivity contribution is 5.90. The highest BCUT2D eigenvalue weighted by Gasteiger charge is 2.06. The number of ether oxygens (including phenoxy) is 1. The minimum absolute atomic E-state index is 0.308. The molecule has 22 heavy (non-hydrogen) atoms. The van der Waals surface area contributed by atoms with E-state index in [-0.39, 0.29) is 5.97 Å². The van der Waals surface area contributed by atoms with Gasteiger partial charge in [-0.2, -0.15) is 0 Å². The minimum Gasteiger partial charge on any atom is -0.462 e. The molecule has 0 amide bonds. The van der Waals surface area contributed by atoms with Gasteiger partial charge in [-0.1, -0.05) is 18.2 Å². The number of hydrogen-bond acceptors (Lipinski definition) is 4. The summed E-state index contributed by atoms with van der Waals surface area (Å²) in [4.78, 5) is 16.2. The number of pyridine rings is 1. The van der Waals surface area contributed by atoms with Crippen LogP contribution in [0, 0.1) is 0 Å². The number of nitrogens with one attached hydrogen (secondary N) is 1. The van der Waals surface area contributed by atoms with Gasteiger partial charge in [-0.25, -0.2) is 9.78 Å². The van der Waals surface area contributed by atoms with E-state index in [0.29, 0.717) is 12.2 Å². The fourth-order valence-corrected chi connectivity index (χ4v) is 2.19. The molecule has 0 saturated heterocycles. The molecule has 3 rings (SSSR count). The SMILES string of the molecule is CCOC(=O)c1ccc(Nc2ccc3ccccc3n2)cc1. The Kier molecular flexibility index (Phi) is 4.01. The van der Waals surface area contributed by atoms with E-state index in [9.17, 15) is 4.79 Å². The molecule has 4 heteroatoms. The lowest BCUT2D eigenvalue weighted by atomic mass is 10.2. The fraction of sp³-hybridized carbons (Fsp3) is 0.111. The molecule has 1 aromatic heterocycles. The van der Waals surface area contributed by atoms with Crippen LogP contribution in [0.3, 0.4) is 0 Å². The first kappa shape index (κ1) is 14.1. The van der Waals surface area contributed by atoms with E-state index >= 15 is 0 Å². The summed E-state index contributed by atoms with van der Waals surface area (Å²) < 4.78 is 4.96. The normalized spacial score (nSPS) is 10.4.